The first-order valence-electron chi connectivity index (χ1n) is 6.82. The van der Waals surface area contributed by atoms with Crippen LogP contribution in [0.5, 0.6) is 0 Å². The molecule has 0 spiro atoms. The molecule has 1 fully saturated rings. The van der Waals surface area contributed by atoms with Gasteiger partial charge in [-0.3, -0.25) is 4.21 Å². The van der Waals surface area contributed by atoms with E-state index in [2.05, 4.69) is 19.2 Å². The lowest BCUT2D eigenvalue weighted by Crippen LogP contribution is -2.26. The quantitative estimate of drug-likeness (QED) is 0.699. The van der Waals surface area contributed by atoms with Gasteiger partial charge in [0.05, 0.1) is 0 Å². The molecule has 16 heavy (non-hydrogen) atoms. The lowest BCUT2D eigenvalue weighted by molar-refractivity contribution is 0.389. The van der Waals surface area contributed by atoms with Crippen molar-refractivity contribution in [3.05, 3.63) is 0 Å². The van der Waals surface area contributed by atoms with Crippen molar-refractivity contribution >= 4 is 10.8 Å². The third-order valence-electron chi connectivity index (χ3n) is 3.39. The summed E-state index contributed by atoms with van der Waals surface area (Å²) in [5, 5.41) is 3.86. The van der Waals surface area contributed by atoms with Crippen molar-refractivity contribution in [2.75, 3.05) is 18.8 Å². The molecule has 0 aromatic rings. The topological polar surface area (TPSA) is 29.1 Å². The fraction of sp³-hybridized carbons (Fsp3) is 1.00. The van der Waals surface area contributed by atoms with Gasteiger partial charge >= 0.3 is 0 Å². The lowest BCUT2D eigenvalue weighted by Gasteiger charge is -2.26. The van der Waals surface area contributed by atoms with Crippen LogP contribution in [0.25, 0.3) is 0 Å². The second kappa shape index (κ2) is 8.24. The van der Waals surface area contributed by atoms with Gasteiger partial charge in [0.2, 0.25) is 0 Å². The van der Waals surface area contributed by atoms with Crippen molar-refractivity contribution < 1.29 is 4.21 Å². The van der Waals surface area contributed by atoms with Gasteiger partial charge in [-0.1, -0.05) is 26.7 Å². The molecular formula is C13H27NOS. The van der Waals surface area contributed by atoms with Gasteiger partial charge in [-0.15, -0.1) is 0 Å². The molecule has 0 aromatic heterocycles. The molecule has 1 rings (SSSR count). The van der Waals surface area contributed by atoms with Crippen LogP contribution < -0.4 is 5.32 Å². The molecular weight excluding hydrogens is 218 g/mol. The Morgan fingerprint density at radius 2 is 2.12 bits per heavy atom. The third kappa shape index (κ3) is 5.44. The maximum atomic E-state index is 12.1. The van der Waals surface area contributed by atoms with Crippen molar-refractivity contribution in [2.24, 2.45) is 5.92 Å². The predicted octanol–water partition coefficient (Wildman–Crippen LogP) is 2.70. The minimum atomic E-state index is -0.573. The maximum absolute atomic E-state index is 12.1. The van der Waals surface area contributed by atoms with Crippen molar-refractivity contribution in [3.63, 3.8) is 0 Å². The van der Waals surface area contributed by atoms with Gasteiger partial charge in [-0.05, 0) is 44.7 Å². The third-order valence-corrected chi connectivity index (χ3v) is 5.25. The average Bonchev–Trinajstić information content (AvgIpc) is 2.28. The van der Waals surface area contributed by atoms with E-state index < -0.39 is 10.8 Å². The van der Waals surface area contributed by atoms with E-state index in [4.69, 9.17) is 0 Å². The maximum Gasteiger partial charge on any atom is 0.0350 e. The molecule has 1 aliphatic carbocycles. The van der Waals surface area contributed by atoms with Crippen LogP contribution in [0.1, 0.15) is 52.4 Å². The van der Waals surface area contributed by atoms with E-state index in [9.17, 15) is 4.21 Å². The Morgan fingerprint density at radius 1 is 1.31 bits per heavy atom. The van der Waals surface area contributed by atoms with Crippen molar-refractivity contribution in [2.45, 2.75) is 57.6 Å². The van der Waals surface area contributed by atoms with Gasteiger partial charge < -0.3 is 5.32 Å². The van der Waals surface area contributed by atoms with Crippen LogP contribution in [0.2, 0.25) is 0 Å². The highest BCUT2D eigenvalue weighted by Crippen LogP contribution is 2.27. The fourth-order valence-electron chi connectivity index (χ4n) is 2.43. The fourth-order valence-corrected chi connectivity index (χ4v) is 4.16. The van der Waals surface area contributed by atoms with Crippen molar-refractivity contribution in [1.82, 2.24) is 5.32 Å². The summed E-state index contributed by atoms with van der Waals surface area (Å²) >= 11 is 0. The molecule has 1 N–H and O–H groups in total. The van der Waals surface area contributed by atoms with E-state index in [0.717, 1.165) is 31.2 Å². The highest BCUT2D eigenvalue weighted by atomic mass is 32.2. The van der Waals surface area contributed by atoms with Crippen LogP contribution in [0, 0.1) is 5.92 Å². The van der Waals surface area contributed by atoms with E-state index in [1.54, 1.807) is 0 Å². The second-order valence-electron chi connectivity index (χ2n) is 5.08. The molecule has 0 heterocycles. The van der Waals surface area contributed by atoms with Gasteiger partial charge in [-0.25, -0.2) is 0 Å². The second-order valence-corrected chi connectivity index (χ2v) is 6.92. The molecule has 0 saturated heterocycles. The minimum absolute atomic E-state index is 0.495. The summed E-state index contributed by atoms with van der Waals surface area (Å²) < 4.78 is 12.1. The molecule has 0 aliphatic heterocycles. The summed E-state index contributed by atoms with van der Waals surface area (Å²) in [5.74, 6) is 1.69. The summed E-state index contributed by atoms with van der Waals surface area (Å²) in [6.45, 7) is 6.59. The first-order valence-corrected chi connectivity index (χ1v) is 8.20. The first kappa shape index (κ1) is 14.2. The summed E-state index contributed by atoms with van der Waals surface area (Å²) in [7, 11) is -0.573. The van der Waals surface area contributed by atoms with E-state index in [-0.39, 0.29) is 0 Å². The van der Waals surface area contributed by atoms with Crippen LogP contribution >= 0.6 is 0 Å². The zero-order valence-electron chi connectivity index (χ0n) is 10.8. The minimum Gasteiger partial charge on any atom is -0.317 e. The molecule has 3 unspecified atom stereocenters. The SMILES string of the molecule is CCCNCCCS(=O)C1CCCC(C)C1. The molecule has 96 valence electrons. The lowest BCUT2D eigenvalue weighted by atomic mass is 9.91. The molecule has 0 aromatic carbocycles. The molecule has 0 bridgehead atoms. The number of hydrogen-bond donors (Lipinski definition) is 1. The predicted molar refractivity (Wildman–Crippen MR) is 72.2 cm³/mol. The smallest absolute Gasteiger partial charge is 0.0350 e. The number of nitrogens with one attached hydrogen (secondary N) is 1. The van der Waals surface area contributed by atoms with Gasteiger partial charge in [-0.2, -0.15) is 0 Å². The van der Waals surface area contributed by atoms with Gasteiger partial charge in [0.1, 0.15) is 0 Å². The monoisotopic (exact) mass is 245 g/mol. The molecule has 0 amide bonds. The Bertz CT molecular complexity index is 208. The highest BCUT2D eigenvalue weighted by Gasteiger charge is 2.23. The average molecular weight is 245 g/mol. The van der Waals surface area contributed by atoms with Crippen LogP contribution in [-0.4, -0.2) is 28.3 Å². The largest absolute Gasteiger partial charge is 0.317 e. The van der Waals surface area contributed by atoms with Crippen molar-refractivity contribution in [1.29, 1.82) is 0 Å². The zero-order valence-corrected chi connectivity index (χ0v) is 11.7. The summed E-state index contributed by atoms with van der Waals surface area (Å²) in [4.78, 5) is 0. The molecule has 0 radical (unpaired) electrons. The van der Waals surface area contributed by atoms with E-state index in [0.29, 0.717) is 5.25 Å². The van der Waals surface area contributed by atoms with Gasteiger partial charge in [0.25, 0.3) is 0 Å². The molecule has 2 nitrogen and oxygen atoms in total. The molecule has 3 atom stereocenters. The summed E-state index contributed by atoms with van der Waals surface area (Å²) in [6, 6.07) is 0. The summed E-state index contributed by atoms with van der Waals surface area (Å²) in [5.41, 5.74) is 0. The zero-order chi connectivity index (χ0) is 11.8. The molecule has 3 heteroatoms. The van der Waals surface area contributed by atoms with Gasteiger partial charge in [0, 0.05) is 21.8 Å². The van der Waals surface area contributed by atoms with Crippen LogP contribution in [0.3, 0.4) is 0 Å². The Hall–Kier alpha value is 0.110. The molecule has 1 saturated carbocycles. The van der Waals surface area contributed by atoms with E-state index in [1.807, 2.05) is 0 Å². The number of hydrogen-bond acceptors (Lipinski definition) is 2. The molecule has 1 aliphatic rings. The van der Waals surface area contributed by atoms with E-state index >= 15 is 0 Å². The normalized spacial score (nSPS) is 27.9. The Balaban J connectivity index is 2.09. The van der Waals surface area contributed by atoms with Crippen LogP contribution in [0.15, 0.2) is 0 Å². The van der Waals surface area contributed by atoms with Crippen molar-refractivity contribution in [3.8, 4) is 0 Å². The van der Waals surface area contributed by atoms with E-state index in [1.165, 1.54) is 32.1 Å². The Labute approximate surface area is 103 Å². The highest BCUT2D eigenvalue weighted by molar-refractivity contribution is 7.85. The number of rotatable bonds is 7. The Kier molecular flexibility index (Phi) is 7.30. The first-order chi connectivity index (χ1) is 7.74. The van der Waals surface area contributed by atoms with Crippen LogP contribution in [0.4, 0.5) is 0 Å². The standard InChI is InChI=1S/C13H27NOS/c1-3-8-14-9-5-10-16(15)13-7-4-6-12(2)11-13/h12-14H,3-11H2,1-2H3. The summed E-state index contributed by atoms with van der Waals surface area (Å²) in [6.07, 6.45) is 7.26. The van der Waals surface area contributed by atoms with Gasteiger partial charge in [0.15, 0.2) is 0 Å². The van der Waals surface area contributed by atoms with Crippen LogP contribution in [-0.2, 0) is 10.8 Å². The Morgan fingerprint density at radius 3 is 2.81 bits per heavy atom.